The van der Waals surface area contributed by atoms with Crippen LogP contribution in [0.3, 0.4) is 0 Å². The maximum Gasteiger partial charge on any atom is 0.279 e. The Morgan fingerprint density at radius 1 is 1.31 bits per heavy atom. The van der Waals surface area contributed by atoms with Gasteiger partial charge in [-0.15, -0.1) is 0 Å². The van der Waals surface area contributed by atoms with Crippen molar-refractivity contribution in [2.75, 3.05) is 0 Å². The molecule has 5 nitrogen and oxygen atoms in total. The van der Waals surface area contributed by atoms with Crippen LogP contribution in [0.15, 0.2) is 39.8 Å². The fourth-order valence-electron chi connectivity index (χ4n) is 1.20. The van der Waals surface area contributed by atoms with Crippen LogP contribution >= 0.6 is 0 Å². The molecular weight excluding hydrogens is 230 g/mol. The van der Waals surface area contributed by atoms with E-state index in [1.165, 1.54) is 6.07 Å². The average Bonchev–Trinajstić information content (AvgIpc) is 2.57. The number of nitrogens with zero attached hydrogens (tertiary/aromatic N) is 1. The summed E-state index contributed by atoms with van der Waals surface area (Å²) in [5.41, 5.74) is 0.584. The van der Waals surface area contributed by atoms with Gasteiger partial charge in [0.25, 0.3) is 10.0 Å². The molecular formula is C10H9NO4S. The van der Waals surface area contributed by atoms with E-state index in [0.29, 0.717) is 5.56 Å². The number of benzene rings is 1. The highest BCUT2D eigenvalue weighted by atomic mass is 32.2. The number of phenols is 1. The van der Waals surface area contributed by atoms with Crippen LogP contribution in [0.25, 0.3) is 0 Å². The molecule has 1 aromatic carbocycles. The van der Waals surface area contributed by atoms with Gasteiger partial charge in [0.2, 0.25) is 0 Å². The predicted octanol–water partition coefficient (Wildman–Crippen LogP) is 1.16. The fraction of sp³-hybridized carbons (Fsp3) is 0.100. The Hall–Kier alpha value is -1.82. The van der Waals surface area contributed by atoms with Crippen LogP contribution in [0.4, 0.5) is 0 Å². The van der Waals surface area contributed by atoms with Crippen molar-refractivity contribution in [1.82, 2.24) is 0 Å². The number of sulfonamides is 1. The minimum Gasteiger partial charge on any atom is -0.508 e. The smallest absolute Gasteiger partial charge is 0.279 e. The highest BCUT2D eigenvalue weighted by Gasteiger charge is 2.14. The van der Waals surface area contributed by atoms with E-state index in [1.807, 2.05) is 0 Å². The molecule has 0 fully saturated rings. The van der Waals surface area contributed by atoms with Crippen LogP contribution < -0.4 is 0 Å². The van der Waals surface area contributed by atoms with Crippen LogP contribution in [0, 0.1) is 0 Å². The maximum absolute atomic E-state index is 10.9. The van der Waals surface area contributed by atoms with Crippen molar-refractivity contribution in [1.29, 1.82) is 0 Å². The maximum atomic E-state index is 10.9. The molecule has 0 bridgehead atoms. The molecule has 2 rings (SSSR count). The number of para-hydroxylation sites is 1. The monoisotopic (exact) mass is 239 g/mol. The molecule has 0 amide bonds. The van der Waals surface area contributed by atoms with Gasteiger partial charge in [-0.3, -0.25) is 0 Å². The summed E-state index contributed by atoms with van der Waals surface area (Å²) in [4.78, 5) is 0. The molecule has 0 unspecified atom stereocenters. The van der Waals surface area contributed by atoms with E-state index in [1.54, 1.807) is 18.2 Å². The van der Waals surface area contributed by atoms with Crippen molar-refractivity contribution < 1.29 is 18.3 Å². The Kier molecular flexibility index (Phi) is 2.66. The molecule has 1 N–H and O–H groups in total. The van der Waals surface area contributed by atoms with E-state index in [2.05, 4.69) is 4.40 Å². The second-order valence-electron chi connectivity index (χ2n) is 3.19. The SMILES string of the molecule is O=S1(=O)C=C(OCc2ccccc2O)C=N1. The first kappa shape index (κ1) is 10.7. The third-order valence-electron chi connectivity index (χ3n) is 1.98. The third kappa shape index (κ3) is 2.40. The zero-order chi connectivity index (χ0) is 11.6. The number of allylic oxidation sites excluding steroid dienone is 1. The standard InChI is InChI=1S/C10H9NO4S/c12-10-4-2-1-3-8(10)6-15-9-5-11-16(13,14)7-9/h1-5,7,12H,6H2. The lowest BCUT2D eigenvalue weighted by molar-refractivity contribution is 0.217. The van der Waals surface area contributed by atoms with Crippen molar-refractivity contribution in [3.05, 3.63) is 41.0 Å². The number of hydrogen-bond donors (Lipinski definition) is 1. The van der Waals surface area contributed by atoms with Gasteiger partial charge in [-0.25, -0.2) is 0 Å². The number of ether oxygens (including phenoxy) is 1. The van der Waals surface area contributed by atoms with Crippen molar-refractivity contribution in [3.8, 4) is 5.75 Å². The van der Waals surface area contributed by atoms with Gasteiger partial charge in [0.05, 0.1) is 11.6 Å². The molecule has 0 saturated carbocycles. The molecule has 1 aliphatic heterocycles. The normalized spacial score (nSPS) is 17.1. The molecule has 0 atom stereocenters. The highest BCUT2D eigenvalue weighted by Crippen LogP contribution is 2.19. The van der Waals surface area contributed by atoms with Gasteiger partial charge in [0.1, 0.15) is 12.4 Å². The van der Waals surface area contributed by atoms with E-state index < -0.39 is 10.0 Å². The molecule has 0 aromatic heterocycles. The van der Waals surface area contributed by atoms with Crippen molar-refractivity contribution >= 4 is 16.2 Å². The lowest BCUT2D eigenvalue weighted by Gasteiger charge is -2.05. The average molecular weight is 239 g/mol. The summed E-state index contributed by atoms with van der Waals surface area (Å²) in [5.74, 6) is 0.282. The topological polar surface area (TPSA) is 76.0 Å². The molecule has 0 aliphatic carbocycles. The molecule has 1 heterocycles. The van der Waals surface area contributed by atoms with Gasteiger partial charge >= 0.3 is 0 Å². The number of rotatable bonds is 3. The van der Waals surface area contributed by atoms with E-state index in [-0.39, 0.29) is 18.1 Å². The largest absolute Gasteiger partial charge is 0.508 e. The van der Waals surface area contributed by atoms with Crippen LogP contribution in [-0.2, 0) is 21.4 Å². The van der Waals surface area contributed by atoms with Gasteiger partial charge in [-0.2, -0.15) is 12.8 Å². The summed E-state index contributed by atoms with van der Waals surface area (Å²) in [7, 11) is -3.49. The molecule has 6 heteroatoms. The van der Waals surface area contributed by atoms with Gasteiger partial charge in [0, 0.05) is 5.56 Å². The zero-order valence-corrected chi connectivity index (χ0v) is 9.02. The second-order valence-corrected chi connectivity index (χ2v) is 4.66. The molecule has 16 heavy (non-hydrogen) atoms. The van der Waals surface area contributed by atoms with Gasteiger partial charge in [-0.05, 0) is 6.07 Å². The first-order valence-electron chi connectivity index (χ1n) is 4.48. The fourth-order valence-corrected chi connectivity index (χ4v) is 1.93. The van der Waals surface area contributed by atoms with E-state index in [4.69, 9.17) is 4.74 Å². The van der Waals surface area contributed by atoms with Crippen molar-refractivity contribution in [2.24, 2.45) is 4.40 Å². The van der Waals surface area contributed by atoms with Crippen LogP contribution in [0.5, 0.6) is 5.75 Å². The summed E-state index contributed by atoms with van der Waals surface area (Å²) in [6.07, 6.45) is 1.13. The highest BCUT2D eigenvalue weighted by molar-refractivity contribution is 7.93. The predicted molar refractivity (Wildman–Crippen MR) is 58.4 cm³/mol. The van der Waals surface area contributed by atoms with Crippen LogP contribution in [-0.4, -0.2) is 19.7 Å². The first-order valence-corrected chi connectivity index (χ1v) is 5.99. The Bertz CT molecular complexity index is 560. The first-order chi connectivity index (χ1) is 7.57. The van der Waals surface area contributed by atoms with Gasteiger partial charge in [-0.1, -0.05) is 18.2 Å². The summed E-state index contributed by atoms with van der Waals surface area (Å²) < 4.78 is 30.3. The summed E-state index contributed by atoms with van der Waals surface area (Å²) >= 11 is 0. The molecule has 0 spiro atoms. The van der Waals surface area contributed by atoms with Gasteiger partial charge < -0.3 is 9.84 Å². The zero-order valence-electron chi connectivity index (χ0n) is 8.20. The third-order valence-corrected chi connectivity index (χ3v) is 2.91. The number of phenolic OH excluding ortho intramolecular Hbond substituents is 1. The molecule has 0 radical (unpaired) electrons. The number of aromatic hydroxyl groups is 1. The lowest BCUT2D eigenvalue weighted by Crippen LogP contribution is -1.93. The van der Waals surface area contributed by atoms with E-state index in [0.717, 1.165) is 11.6 Å². The van der Waals surface area contributed by atoms with E-state index >= 15 is 0 Å². The molecule has 0 saturated heterocycles. The van der Waals surface area contributed by atoms with E-state index in [9.17, 15) is 13.5 Å². The van der Waals surface area contributed by atoms with Crippen LogP contribution in [0.2, 0.25) is 0 Å². The van der Waals surface area contributed by atoms with Crippen LogP contribution in [0.1, 0.15) is 5.56 Å². The Morgan fingerprint density at radius 2 is 2.06 bits per heavy atom. The molecule has 1 aliphatic rings. The molecule has 84 valence electrons. The Labute approximate surface area is 92.8 Å². The summed E-state index contributed by atoms with van der Waals surface area (Å²) in [5, 5.41) is 10.4. The summed E-state index contributed by atoms with van der Waals surface area (Å²) in [6, 6.07) is 6.68. The Balaban J connectivity index is 2.05. The minimum absolute atomic E-state index is 0.0973. The number of hydrogen-bond acceptors (Lipinski definition) is 4. The Morgan fingerprint density at radius 3 is 2.69 bits per heavy atom. The minimum atomic E-state index is -3.49. The molecule has 1 aromatic rings. The van der Waals surface area contributed by atoms with Gasteiger partial charge in [0.15, 0.2) is 5.76 Å². The lowest BCUT2D eigenvalue weighted by atomic mass is 10.2. The second kappa shape index (κ2) is 3.97. The summed E-state index contributed by atoms with van der Waals surface area (Å²) in [6.45, 7) is 0.0973. The van der Waals surface area contributed by atoms with Crippen molar-refractivity contribution in [2.45, 2.75) is 6.61 Å². The van der Waals surface area contributed by atoms with Crippen molar-refractivity contribution in [3.63, 3.8) is 0 Å². The quantitative estimate of drug-likeness (QED) is 0.858.